The molecule has 162 valence electrons. The Morgan fingerprint density at radius 1 is 1.38 bits per heavy atom. The monoisotopic (exact) mass is 532 g/mol. The first-order valence-corrected chi connectivity index (χ1v) is 10.6. The molecule has 2 heterocycles. The summed E-state index contributed by atoms with van der Waals surface area (Å²) in [5.41, 5.74) is -0.104. The highest BCUT2D eigenvalue weighted by molar-refractivity contribution is 14.0. The number of aliphatic imine (C=N–C) groups is 1. The zero-order chi connectivity index (χ0) is 20.4. The van der Waals surface area contributed by atoms with Crippen LogP contribution < -0.4 is 10.6 Å². The van der Waals surface area contributed by atoms with E-state index in [1.807, 2.05) is 18.5 Å². The lowest BCUT2D eigenvalue weighted by Gasteiger charge is -2.59. The minimum absolute atomic E-state index is 0. The number of nitrogens with zero attached hydrogens (tertiary/aromatic N) is 4. The van der Waals surface area contributed by atoms with Crippen molar-refractivity contribution in [1.82, 2.24) is 25.4 Å². The highest BCUT2D eigenvalue weighted by Gasteiger charge is 2.58. The van der Waals surface area contributed by atoms with Crippen molar-refractivity contribution >= 4 is 41.3 Å². The molecule has 1 aliphatic carbocycles. The molecule has 1 saturated carbocycles. The summed E-state index contributed by atoms with van der Waals surface area (Å²) in [6, 6.07) is 4.55. The fraction of sp³-hybridized carbons (Fsp3) is 0.650. The molecule has 2 aromatic rings. The lowest BCUT2D eigenvalue weighted by Crippen LogP contribution is -2.69. The number of aryl methyl sites for hydroxylation is 1. The molecular formula is C20H33IN6OS. The van der Waals surface area contributed by atoms with Gasteiger partial charge in [0.2, 0.25) is 0 Å². The number of rotatable bonds is 7. The molecule has 29 heavy (non-hydrogen) atoms. The third-order valence-electron chi connectivity index (χ3n) is 6.39. The third-order valence-corrected chi connectivity index (χ3v) is 7.33. The Balaban J connectivity index is 0.00000300. The van der Waals surface area contributed by atoms with Crippen molar-refractivity contribution < 1.29 is 4.74 Å². The molecule has 9 heteroatoms. The van der Waals surface area contributed by atoms with Crippen molar-refractivity contribution in [3.63, 3.8) is 0 Å². The molecule has 7 nitrogen and oxygen atoms in total. The zero-order valence-corrected chi connectivity index (χ0v) is 21.3. The molecule has 0 amide bonds. The molecule has 0 spiro atoms. The normalized spacial score (nSPS) is 23.2. The topological polar surface area (TPSA) is 76.4 Å². The van der Waals surface area contributed by atoms with Gasteiger partial charge in [-0.1, -0.05) is 19.9 Å². The highest BCUT2D eigenvalue weighted by Crippen LogP contribution is 2.51. The molecule has 0 aromatic carbocycles. The van der Waals surface area contributed by atoms with E-state index in [1.54, 1.807) is 18.4 Å². The predicted octanol–water partition coefficient (Wildman–Crippen LogP) is 3.28. The molecule has 2 atom stereocenters. The molecule has 2 aromatic heterocycles. The first kappa shape index (κ1) is 24.1. The highest BCUT2D eigenvalue weighted by atomic mass is 127. The molecule has 2 unspecified atom stereocenters. The minimum Gasteiger partial charge on any atom is -0.378 e. The van der Waals surface area contributed by atoms with Crippen LogP contribution in [0.1, 0.15) is 43.7 Å². The van der Waals surface area contributed by atoms with Gasteiger partial charge in [-0.05, 0) is 38.1 Å². The third kappa shape index (κ3) is 5.11. The SMILES string of the molecule is COC1(C)CC(NC(=NCc2nnc(C)n2C)NCCc2cccs2)C1(C)C.I. The van der Waals surface area contributed by atoms with E-state index in [2.05, 4.69) is 59.1 Å². The summed E-state index contributed by atoms with van der Waals surface area (Å²) in [5, 5.41) is 17.5. The van der Waals surface area contributed by atoms with E-state index in [9.17, 15) is 0 Å². The average Bonchev–Trinajstić information content (AvgIpc) is 3.29. The van der Waals surface area contributed by atoms with Crippen molar-refractivity contribution in [3.05, 3.63) is 34.0 Å². The van der Waals surface area contributed by atoms with Gasteiger partial charge in [0.15, 0.2) is 11.8 Å². The Morgan fingerprint density at radius 2 is 2.14 bits per heavy atom. The molecule has 0 bridgehead atoms. The second-order valence-corrected chi connectivity index (χ2v) is 9.23. The Kier molecular flexibility index (Phi) is 8.08. The van der Waals surface area contributed by atoms with Gasteiger partial charge in [0, 0.05) is 37.0 Å². The van der Waals surface area contributed by atoms with Gasteiger partial charge in [-0.2, -0.15) is 0 Å². The molecule has 3 rings (SSSR count). The number of halogens is 1. The van der Waals surface area contributed by atoms with E-state index in [0.29, 0.717) is 12.6 Å². The van der Waals surface area contributed by atoms with E-state index in [0.717, 1.165) is 37.0 Å². The summed E-state index contributed by atoms with van der Waals surface area (Å²) >= 11 is 1.78. The first-order chi connectivity index (χ1) is 13.3. The Bertz CT molecular complexity index is 819. The van der Waals surface area contributed by atoms with Gasteiger partial charge in [0.05, 0.1) is 5.60 Å². The number of hydrogen-bond acceptors (Lipinski definition) is 5. The van der Waals surface area contributed by atoms with Gasteiger partial charge in [-0.25, -0.2) is 4.99 Å². The van der Waals surface area contributed by atoms with Gasteiger partial charge in [-0.3, -0.25) is 0 Å². The summed E-state index contributed by atoms with van der Waals surface area (Å²) in [6.07, 6.45) is 1.93. The van der Waals surface area contributed by atoms with Crippen LogP contribution in [-0.4, -0.2) is 46.0 Å². The van der Waals surface area contributed by atoms with Gasteiger partial charge < -0.3 is 19.9 Å². The molecular weight excluding hydrogens is 499 g/mol. The Hall–Kier alpha value is -1.20. The summed E-state index contributed by atoms with van der Waals surface area (Å²) in [6.45, 7) is 9.93. The number of nitrogens with one attached hydrogen (secondary N) is 2. The second kappa shape index (κ2) is 9.74. The van der Waals surface area contributed by atoms with Crippen molar-refractivity contribution in [1.29, 1.82) is 0 Å². The van der Waals surface area contributed by atoms with E-state index in [1.165, 1.54) is 4.88 Å². The van der Waals surface area contributed by atoms with Crippen molar-refractivity contribution in [2.75, 3.05) is 13.7 Å². The Morgan fingerprint density at radius 3 is 2.69 bits per heavy atom. The predicted molar refractivity (Wildman–Crippen MR) is 129 cm³/mol. The maximum atomic E-state index is 5.76. The van der Waals surface area contributed by atoms with Crippen LogP contribution in [0.4, 0.5) is 0 Å². The van der Waals surface area contributed by atoms with Crippen molar-refractivity contribution in [2.45, 2.75) is 58.7 Å². The zero-order valence-electron chi connectivity index (χ0n) is 18.2. The van der Waals surface area contributed by atoms with Gasteiger partial charge in [0.1, 0.15) is 12.4 Å². The van der Waals surface area contributed by atoms with Gasteiger partial charge >= 0.3 is 0 Å². The standard InChI is InChI=1S/C20H32N6OS.HI/c1-14-24-25-17(26(14)5)13-22-18(21-10-9-15-8-7-11-28-15)23-16-12-20(4,27-6)19(16,2)3;/h7-8,11,16H,9-10,12-13H2,1-6H3,(H2,21,22,23);1H. The number of hydrogen-bond donors (Lipinski definition) is 2. The molecule has 0 radical (unpaired) electrons. The molecule has 1 fully saturated rings. The number of aromatic nitrogens is 3. The van der Waals surface area contributed by atoms with Crippen LogP contribution in [0, 0.1) is 12.3 Å². The van der Waals surface area contributed by atoms with E-state index < -0.39 is 0 Å². The number of thiophene rings is 1. The molecule has 0 aliphatic heterocycles. The van der Waals surface area contributed by atoms with Crippen LogP contribution in [0.25, 0.3) is 0 Å². The average molecular weight is 532 g/mol. The van der Waals surface area contributed by atoms with Crippen LogP contribution in [0.15, 0.2) is 22.5 Å². The van der Waals surface area contributed by atoms with Gasteiger partial charge in [0.25, 0.3) is 0 Å². The first-order valence-electron chi connectivity index (χ1n) is 9.74. The largest absolute Gasteiger partial charge is 0.378 e. The van der Waals surface area contributed by atoms with Gasteiger partial charge in [-0.15, -0.1) is 45.5 Å². The molecule has 2 N–H and O–H groups in total. The fourth-order valence-electron chi connectivity index (χ4n) is 3.54. The number of guanidine groups is 1. The maximum Gasteiger partial charge on any atom is 0.191 e. The summed E-state index contributed by atoms with van der Waals surface area (Å²) < 4.78 is 7.73. The summed E-state index contributed by atoms with van der Waals surface area (Å²) in [7, 11) is 3.76. The van der Waals surface area contributed by atoms with Crippen LogP contribution in [0.3, 0.4) is 0 Å². The second-order valence-electron chi connectivity index (χ2n) is 8.20. The molecule has 1 aliphatic rings. The van der Waals surface area contributed by atoms with Crippen LogP contribution in [0.5, 0.6) is 0 Å². The lowest BCUT2D eigenvalue weighted by molar-refractivity contribution is -0.176. The molecule has 0 saturated heterocycles. The van der Waals surface area contributed by atoms with E-state index in [4.69, 9.17) is 9.73 Å². The van der Waals surface area contributed by atoms with Crippen LogP contribution >= 0.6 is 35.3 Å². The number of ether oxygens (including phenoxy) is 1. The lowest BCUT2D eigenvalue weighted by atomic mass is 9.56. The summed E-state index contributed by atoms with van der Waals surface area (Å²) in [4.78, 5) is 6.15. The quantitative estimate of drug-likeness (QED) is 0.325. The van der Waals surface area contributed by atoms with Crippen molar-refractivity contribution in [3.8, 4) is 0 Å². The van der Waals surface area contributed by atoms with Crippen LogP contribution in [0.2, 0.25) is 0 Å². The minimum atomic E-state index is -0.118. The van der Waals surface area contributed by atoms with E-state index >= 15 is 0 Å². The van der Waals surface area contributed by atoms with Crippen molar-refractivity contribution in [2.24, 2.45) is 17.5 Å². The smallest absolute Gasteiger partial charge is 0.191 e. The fourth-order valence-corrected chi connectivity index (χ4v) is 4.25. The van der Waals surface area contributed by atoms with E-state index in [-0.39, 0.29) is 35.0 Å². The number of methoxy groups -OCH3 is 1. The maximum absolute atomic E-state index is 5.76. The summed E-state index contributed by atoms with van der Waals surface area (Å²) in [5.74, 6) is 2.56. The van der Waals surface area contributed by atoms with Crippen LogP contribution in [-0.2, 0) is 24.8 Å². The Labute approximate surface area is 194 Å².